The molecule has 1 unspecified atom stereocenters. The second kappa shape index (κ2) is 6.72. The van der Waals surface area contributed by atoms with Gasteiger partial charge < -0.3 is 5.32 Å². The van der Waals surface area contributed by atoms with Gasteiger partial charge in [-0.2, -0.15) is 5.26 Å². The summed E-state index contributed by atoms with van der Waals surface area (Å²) in [7, 11) is 0. The molecule has 0 bridgehead atoms. The average Bonchev–Trinajstić information content (AvgIpc) is 3.23. The molecule has 0 spiro atoms. The van der Waals surface area contributed by atoms with Gasteiger partial charge in [-0.15, -0.1) is 0 Å². The quantitative estimate of drug-likeness (QED) is 0.767. The van der Waals surface area contributed by atoms with Crippen molar-refractivity contribution < 1.29 is 0 Å². The maximum absolute atomic E-state index is 9.07. The van der Waals surface area contributed by atoms with Crippen LogP contribution >= 0.6 is 0 Å². The minimum Gasteiger partial charge on any atom is -0.313 e. The lowest BCUT2D eigenvalue weighted by Gasteiger charge is -2.31. The van der Waals surface area contributed by atoms with Crippen LogP contribution in [0.2, 0.25) is 0 Å². The van der Waals surface area contributed by atoms with Gasteiger partial charge in [-0.1, -0.05) is 6.42 Å². The lowest BCUT2D eigenvalue weighted by atomic mass is 9.90. The molecule has 0 radical (unpaired) electrons. The molecule has 1 atom stereocenters. The maximum atomic E-state index is 9.07. The van der Waals surface area contributed by atoms with Gasteiger partial charge in [-0.3, -0.25) is 4.90 Å². The van der Waals surface area contributed by atoms with E-state index in [9.17, 15) is 0 Å². The topological polar surface area (TPSA) is 39.1 Å². The number of nitriles is 1. The lowest BCUT2D eigenvalue weighted by molar-refractivity contribution is 0.206. The number of hydrogen-bond acceptors (Lipinski definition) is 3. The van der Waals surface area contributed by atoms with Crippen LogP contribution in [-0.2, 0) is 0 Å². The molecule has 0 amide bonds. The normalized spacial score (nSPS) is 24.4. The smallest absolute Gasteiger partial charge is 0.0683 e. The second-order valence-corrected chi connectivity index (χ2v) is 6.97. The van der Waals surface area contributed by atoms with Gasteiger partial charge >= 0.3 is 0 Å². The first kappa shape index (κ1) is 14.8. The Morgan fingerprint density at radius 3 is 2.63 bits per heavy atom. The molecule has 3 heteroatoms. The van der Waals surface area contributed by atoms with Crippen LogP contribution in [0.1, 0.15) is 58.8 Å². The van der Waals surface area contributed by atoms with E-state index >= 15 is 0 Å². The van der Waals surface area contributed by atoms with Gasteiger partial charge in [0.2, 0.25) is 0 Å². The Morgan fingerprint density at radius 2 is 2.05 bits per heavy atom. The molecule has 2 aliphatic rings. The predicted octanol–water partition coefficient (Wildman–Crippen LogP) is 2.92. The minimum atomic E-state index is -0.154. The molecule has 1 heterocycles. The molecule has 1 N–H and O–H groups in total. The van der Waals surface area contributed by atoms with Gasteiger partial charge in [0.15, 0.2) is 0 Å². The van der Waals surface area contributed by atoms with Gasteiger partial charge in [0.25, 0.3) is 0 Å². The van der Waals surface area contributed by atoms with Crippen molar-refractivity contribution in [3.05, 3.63) is 0 Å². The molecule has 2 fully saturated rings. The molecule has 19 heavy (non-hydrogen) atoms. The van der Waals surface area contributed by atoms with Crippen LogP contribution in [0.25, 0.3) is 0 Å². The van der Waals surface area contributed by atoms with E-state index in [0.717, 1.165) is 18.9 Å². The third kappa shape index (κ3) is 5.12. The number of piperidine rings is 1. The summed E-state index contributed by atoms with van der Waals surface area (Å²) in [5, 5.41) is 12.7. The Balaban J connectivity index is 1.72. The van der Waals surface area contributed by atoms with Gasteiger partial charge in [0, 0.05) is 18.6 Å². The molecule has 1 aliphatic heterocycles. The second-order valence-electron chi connectivity index (χ2n) is 6.97. The van der Waals surface area contributed by atoms with Gasteiger partial charge in [-0.05, 0) is 65.5 Å². The van der Waals surface area contributed by atoms with Crippen molar-refractivity contribution in [2.45, 2.75) is 70.9 Å². The molecule has 0 aromatic rings. The van der Waals surface area contributed by atoms with E-state index in [4.69, 9.17) is 5.26 Å². The van der Waals surface area contributed by atoms with Crippen LogP contribution < -0.4 is 5.32 Å². The first-order valence-corrected chi connectivity index (χ1v) is 7.99. The van der Waals surface area contributed by atoms with E-state index in [1.54, 1.807) is 0 Å². The van der Waals surface area contributed by atoms with E-state index in [1.165, 1.54) is 51.7 Å². The zero-order chi connectivity index (χ0) is 13.7. The third-order valence-electron chi connectivity index (χ3n) is 4.48. The van der Waals surface area contributed by atoms with Crippen LogP contribution in [-0.4, -0.2) is 36.6 Å². The fraction of sp³-hybridized carbons (Fsp3) is 0.938. The predicted molar refractivity (Wildman–Crippen MR) is 78.9 cm³/mol. The van der Waals surface area contributed by atoms with Crippen LogP contribution in [0.3, 0.4) is 0 Å². The summed E-state index contributed by atoms with van der Waals surface area (Å²) in [6.07, 6.45) is 9.01. The van der Waals surface area contributed by atoms with Crippen molar-refractivity contribution in [1.82, 2.24) is 10.2 Å². The highest BCUT2D eigenvalue weighted by atomic mass is 15.2. The fourth-order valence-electron chi connectivity index (χ4n) is 3.01. The lowest BCUT2D eigenvalue weighted by Crippen LogP contribution is -2.44. The molecule has 0 aromatic carbocycles. The minimum absolute atomic E-state index is 0.154. The molecular weight excluding hydrogens is 234 g/mol. The Hall–Kier alpha value is -0.590. The van der Waals surface area contributed by atoms with Crippen LogP contribution in [0.4, 0.5) is 0 Å². The molecular formula is C16H29N3. The van der Waals surface area contributed by atoms with Gasteiger partial charge in [-0.25, -0.2) is 0 Å². The van der Waals surface area contributed by atoms with E-state index < -0.39 is 0 Å². The highest BCUT2D eigenvalue weighted by Gasteiger charge is 2.30. The zero-order valence-electron chi connectivity index (χ0n) is 12.6. The van der Waals surface area contributed by atoms with E-state index in [0.29, 0.717) is 6.04 Å². The number of rotatable bonds is 7. The van der Waals surface area contributed by atoms with Crippen molar-refractivity contribution in [3.8, 4) is 6.07 Å². The number of nitrogens with zero attached hydrogens (tertiary/aromatic N) is 2. The first-order valence-electron chi connectivity index (χ1n) is 7.99. The highest BCUT2D eigenvalue weighted by molar-refractivity contribution is 4.92. The molecule has 1 saturated heterocycles. The number of hydrogen-bond donors (Lipinski definition) is 1. The molecule has 108 valence electrons. The maximum Gasteiger partial charge on any atom is 0.0683 e. The summed E-state index contributed by atoms with van der Waals surface area (Å²) in [6.45, 7) is 7.70. The average molecular weight is 263 g/mol. The van der Waals surface area contributed by atoms with Crippen molar-refractivity contribution in [2.24, 2.45) is 5.41 Å². The summed E-state index contributed by atoms with van der Waals surface area (Å²) in [5.74, 6) is 0. The fourth-order valence-corrected chi connectivity index (χ4v) is 3.01. The Labute approximate surface area is 118 Å². The van der Waals surface area contributed by atoms with Crippen molar-refractivity contribution in [2.75, 3.05) is 19.6 Å². The van der Waals surface area contributed by atoms with Crippen LogP contribution in [0.15, 0.2) is 0 Å². The van der Waals surface area contributed by atoms with Crippen LogP contribution in [0.5, 0.6) is 0 Å². The summed E-state index contributed by atoms with van der Waals surface area (Å²) in [4.78, 5) is 2.68. The summed E-state index contributed by atoms with van der Waals surface area (Å²) < 4.78 is 0. The molecule has 3 nitrogen and oxygen atoms in total. The number of nitrogens with one attached hydrogen (secondary N) is 1. The molecule has 2 rings (SSSR count). The third-order valence-corrected chi connectivity index (χ3v) is 4.48. The van der Waals surface area contributed by atoms with E-state index in [2.05, 4.69) is 30.1 Å². The molecule has 0 aromatic heterocycles. The van der Waals surface area contributed by atoms with Crippen molar-refractivity contribution in [3.63, 3.8) is 0 Å². The highest BCUT2D eigenvalue weighted by Crippen LogP contribution is 2.29. The van der Waals surface area contributed by atoms with Crippen LogP contribution in [0, 0.1) is 16.7 Å². The Bertz CT molecular complexity index is 308. The van der Waals surface area contributed by atoms with Crippen molar-refractivity contribution in [1.29, 1.82) is 5.26 Å². The Morgan fingerprint density at radius 1 is 1.26 bits per heavy atom. The Kier molecular flexibility index (Phi) is 5.24. The zero-order valence-corrected chi connectivity index (χ0v) is 12.6. The van der Waals surface area contributed by atoms with Gasteiger partial charge in [0.1, 0.15) is 0 Å². The summed E-state index contributed by atoms with van der Waals surface area (Å²) >= 11 is 0. The van der Waals surface area contributed by atoms with Gasteiger partial charge in [0.05, 0.1) is 11.5 Å². The largest absolute Gasteiger partial charge is 0.313 e. The first-order chi connectivity index (χ1) is 9.11. The molecule has 1 saturated carbocycles. The van der Waals surface area contributed by atoms with Crippen molar-refractivity contribution >= 4 is 0 Å². The summed E-state index contributed by atoms with van der Waals surface area (Å²) in [5.41, 5.74) is -0.154. The SMILES string of the molecule is CC(C)(C#N)CCCN(CC1CCCCN1)C1CC1. The summed E-state index contributed by atoms with van der Waals surface area (Å²) in [6, 6.07) is 3.96. The standard InChI is InChI=1S/C16H29N3/c1-16(2,13-17)9-5-11-19(15-7-8-15)12-14-6-3-4-10-18-14/h14-15,18H,3-12H2,1-2H3. The van der Waals surface area contributed by atoms with E-state index in [-0.39, 0.29) is 5.41 Å². The van der Waals surface area contributed by atoms with E-state index in [1.807, 2.05) is 0 Å². The molecule has 1 aliphatic carbocycles. The monoisotopic (exact) mass is 263 g/mol.